The Morgan fingerprint density at radius 1 is 0.297 bits per heavy atom. The molecule has 0 radical (unpaired) electrons. The van der Waals surface area contributed by atoms with Crippen LogP contribution in [0.4, 0.5) is 0 Å². The number of carbonyl (C=O) groups excluding carboxylic acids is 3. The summed E-state index contributed by atoms with van der Waals surface area (Å²) in [6, 6.07) is 0. The second-order valence-corrected chi connectivity index (χ2v) is 20.9. The van der Waals surface area contributed by atoms with E-state index in [0.717, 1.165) is 69.6 Å². The van der Waals surface area contributed by atoms with E-state index in [0.29, 0.717) is 19.3 Å². The molecule has 0 saturated carbocycles. The van der Waals surface area contributed by atoms with Gasteiger partial charge in [-0.3, -0.25) is 14.4 Å². The molecule has 0 spiro atoms. The van der Waals surface area contributed by atoms with Crippen LogP contribution in [-0.4, -0.2) is 37.2 Å². The van der Waals surface area contributed by atoms with Gasteiger partial charge in [-0.15, -0.1) is 0 Å². The lowest BCUT2D eigenvalue weighted by Crippen LogP contribution is -2.30. The Kier molecular flexibility index (Phi) is 49.6. The molecule has 0 unspecified atom stereocenters. The summed E-state index contributed by atoms with van der Waals surface area (Å²) in [7, 11) is 0. The zero-order chi connectivity index (χ0) is 46.8. The average molecular weight is 906 g/mol. The molecule has 0 aromatic rings. The lowest BCUT2D eigenvalue weighted by atomic mass is 10.0. The second-order valence-electron chi connectivity index (χ2n) is 20.9. The van der Waals surface area contributed by atoms with Gasteiger partial charge in [-0.05, 0) is 31.1 Å². The van der Waals surface area contributed by atoms with Crippen molar-refractivity contribution in [1.29, 1.82) is 0 Å². The van der Waals surface area contributed by atoms with Crippen LogP contribution in [-0.2, 0) is 28.6 Å². The quantitative estimate of drug-likeness (QED) is 0.0344. The van der Waals surface area contributed by atoms with E-state index in [9.17, 15) is 14.4 Å². The van der Waals surface area contributed by atoms with Gasteiger partial charge in [0.2, 0.25) is 0 Å². The molecule has 1 atom stereocenters. The number of hydrogen-bond acceptors (Lipinski definition) is 6. The van der Waals surface area contributed by atoms with Crippen LogP contribution >= 0.6 is 0 Å². The molecular formula is C58H112O6. The summed E-state index contributed by atoms with van der Waals surface area (Å²) < 4.78 is 16.9. The van der Waals surface area contributed by atoms with Crippen LogP contribution < -0.4 is 0 Å². The van der Waals surface area contributed by atoms with Crippen LogP contribution in [0.3, 0.4) is 0 Å². The Labute approximate surface area is 399 Å². The molecule has 0 fully saturated rings. The van der Waals surface area contributed by atoms with Crippen molar-refractivity contribution < 1.29 is 28.6 Å². The van der Waals surface area contributed by atoms with Gasteiger partial charge < -0.3 is 14.2 Å². The molecule has 0 aromatic carbocycles. The largest absolute Gasteiger partial charge is 0.462 e. The van der Waals surface area contributed by atoms with Crippen molar-refractivity contribution in [2.75, 3.05) is 13.2 Å². The number of carbonyl (C=O) groups is 3. The van der Waals surface area contributed by atoms with Gasteiger partial charge in [-0.2, -0.15) is 0 Å². The second kappa shape index (κ2) is 50.8. The highest BCUT2D eigenvalue weighted by Gasteiger charge is 2.19. The van der Waals surface area contributed by atoms with Crippen LogP contribution in [0.25, 0.3) is 0 Å². The van der Waals surface area contributed by atoms with Gasteiger partial charge in [0.25, 0.3) is 0 Å². The Bertz CT molecular complexity index is 978. The van der Waals surface area contributed by atoms with Gasteiger partial charge >= 0.3 is 17.9 Å². The minimum absolute atomic E-state index is 0.0627. The van der Waals surface area contributed by atoms with Crippen LogP contribution in [0.1, 0.15) is 324 Å². The molecule has 6 heteroatoms. The van der Waals surface area contributed by atoms with E-state index in [2.05, 4.69) is 34.6 Å². The number of hydrogen-bond donors (Lipinski definition) is 0. The molecule has 0 N–H and O–H groups in total. The zero-order valence-electron chi connectivity index (χ0n) is 43.9. The highest BCUT2D eigenvalue weighted by Crippen LogP contribution is 2.18. The predicted octanol–water partition coefficient (Wildman–Crippen LogP) is 18.9. The van der Waals surface area contributed by atoms with Gasteiger partial charge in [0.15, 0.2) is 6.10 Å². The summed E-state index contributed by atoms with van der Waals surface area (Å²) in [5.41, 5.74) is 0. The highest BCUT2D eigenvalue weighted by molar-refractivity contribution is 5.71. The van der Waals surface area contributed by atoms with E-state index in [1.165, 1.54) is 212 Å². The number of ether oxygens (including phenoxy) is 3. The maximum Gasteiger partial charge on any atom is 0.306 e. The molecule has 0 bridgehead atoms. The summed E-state index contributed by atoms with van der Waals surface area (Å²) in [5, 5.41) is 0. The molecule has 380 valence electrons. The van der Waals surface area contributed by atoms with Gasteiger partial charge in [0.1, 0.15) is 13.2 Å². The van der Waals surface area contributed by atoms with Crippen molar-refractivity contribution in [2.45, 2.75) is 330 Å². The number of unbranched alkanes of at least 4 members (excludes halogenated alkanes) is 37. The molecule has 0 aliphatic heterocycles. The lowest BCUT2D eigenvalue weighted by molar-refractivity contribution is -0.167. The monoisotopic (exact) mass is 905 g/mol. The van der Waals surface area contributed by atoms with Crippen molar-refractivity contribution in [1.82, 2.24) is 0 Å². The topological polar surface area (TPSA) is 78.9 Å². The normalized spacial score (nSPS) is 12.0. The van der Waals surface area contributed by atoms with Gasteiger partial charge in [0.05, 0.1) is 0 Å². The fourth-order valence-electron chi connectivity index (χ4n) is 8.87. The summed E-state index contributed by atoms with van der Waals surface area (Å²) in [4.78, 5) is 38.1. The van der Waals surface area contributed by atoms with Crippen molar-refractivity contribution in [3.05, 3.63) is 0 Å². The van der Waals surface area contributed by atoms with Crippen molar-refractivity contribution >= 4 is 17.9 Å². The summed E-state index contributed by atoms with van der Waals surface area (Å²) in [6.45, 7) is 11.4. The first-order valence-electron chi connectivity index (χ1n) is 28.7. The van der Waals surface area contributed by atoms with Gasteiger partial charge in [-0.25, -0.2) is 0 Å². The molecule has 0 aromatic heterocycles. The molecule has 0 aliphatic carbocycles. The summed E-state index contributed by atoms with van der Waals surface area (Å²) in [5.74, 6) is 0.856. The van der Waals surface area contributed by atoms with Crippen LogP contribution in [0.15, 0.2) is 0 Å². The maximum absolute atomic E-state index is 12.8. The molecule has 0 aliphatic rings. The van der Waals surface area contributed by atoms with Crippen molar-refractivity contribution in [2.24, 2.45) is 11.8 Å². The first-order valence-corrected chi connectivity index (χ1v) is 28.7. The first-order chi connectivity index (χ1) is 31.2. The molecular weight excluding hydrogens is 793 g/mol. The fraction of sp³-hybridized carbons (Fsp3) is 0.948. The summed E-state index contributed by atoms with van der Waals surface area (Å²) in [6.07, 6.45) is 53.8. The van der Waals surface area contributed by atoms with Crippen LogP contribution in [0.5, 0.6) is 0 Å². The van der Waals surface area contributed by atoms with E-state index in [4.69, 9.17) is 14.2 Å². The molecule has 0 saturated heterocycles. The third kappa shape index (κ3) is 51.4. The lowest BCUT2D eigenvalue weighted by Gasteiger charge is -2.18. The maximum atomic E-state index is 12.8. The predicted molar refractivity (Wildman–Crippen MR) is 275 cm³/mol. The standard InChI is InChI=1S/C58H112O6/c1-6-7-8-9-10-11-28-33-38-43-48-56(59)62-51-55(52-63-57(60)49-44-39-34-29-24-20-17-16-19-23-27-32-37-42-47-54(4)5)64-58(61)50-45-40-35-30-25-21-15-13-12-14-18-22-26-31-36-41-46-53(2)3/h53-55H,6-52H2,1-5H3/t55-/m0/s1. The van der Waals surface area contributed by atoms with E-state index >= 15 is 0 Å². The summed E-state index contributed by atoms with van der Waals surface area (Å²) >= 11 is 0. The molecule has 0 amide bonds. The minimum atomic E-state index is -0.762. The number of rotatable bonds is 52. The van der Waals surface area contributed by atoms with Crippen LogP contribution in [0, 0.1) is 11.8 Å². The van der Waals surface area contributed by atoms with E-state index < -0.39 is 6.10 Å². The Morgan fingerprint density at radius 3 is 0.766 bits per heavy atom. The van der Waals surface area contributed by atoms with E-state index in [-0.39, 0.29) is 31.1 Å². The van der Waals surface area contributed by atoms with Crippen molar-refractivity contribution in [3.63, 3.8) is 0 Å². The van der Waals surface area contributed by atoms with Gasteiger partial charge in [-0.1, -0.05) is 285 Å². The smallest absolute Gasteiger partial charge is 0.306 e. The average Bonchev–Trinajstić information content (AvgIpc) is 3.27. The van der Waals surface area contributed by atoms with Gasteiger partial charge in [0, 0.05) is 19.3 Å². The zero-order valence-corrected chi connectivity index (χ0v) is 43.9. The fourth-order valence-corrected chi connectivity index (χ4v) is 8.87. The van der Waals surface area contributed by atoms with E-state index in [1.54, 1.807) is 0 Å². The SMILES string of the molecule is CCCCCCCCCCCCC(=O)OC[C@@H](COC(=O)CCCCCCCCCCCCCCCCC(C)C)OC(=O)CCCCCCCCCCCCCCCCCCC(C)C. The molecule has 0 heterocycles. The highest BCUT2D eigenvalue weighted by atomic mass is 16.6. The molecule has 0 rings (SSSR count). The molecule has 6 nitrogen and oxygen atoms in total. The minimum Gasteiger partial charge on any atom is -0.462 e. The third-order valence-corrected chi connectivity index (χ3v) is 13.2. The Hall–Kier alpha value is -1.59. The Morgan fingerprint density at radius 2 is 0.516 bits per heavy atom. The first kappa shape index (κ1) is 62.4. The molecule has 64 heavy (non-hydrogen) atoms. The van der Waals surface area contributed by atoms with E-state index in [1.807, 2.05) is 0 Å². The third-order valence-electron chi connectivity index (χ3n) is 13.2. The van der Waals surface area contributed by atoms with Crippen molar-refractivity contribution in [3.8, 4) is 0 Å². The Balaban J connectivity index is 4.24. The van der Waals surface area contributed by atoms with Crippen LogP contribution in [0.2, 0.25) is 0 Å². The number of esters is 3.